The van der Waals surface area contributed by atoms with Gasteiger partial charge in [0.2, 0.25) is 5.91 Å². The van der Waals surface area contributed by atoms with Gasteiger partial charge >= 0.3 is 18.0 Å². The summed E-state index contributed by atoms with van der Waals surface area (Å²) in [6, 6.07) is 2.95. The monoisotopic (exact) mass is 598 g/mol. The molecule has 0 spiro atoms. The fourth-order valence-corrected chi connectivity index (χ4v) is 6.27. The molecule has 11 heteroatoms. The highest BCUT2D eigenvalue weighted by Gasteiger charge is 2.61. The summed E-state index contributed by atoms with van der Waals surface area (Å²) in [5, 5.41) is 10.1. The summed E-state index contributed by atoms with van der Waals surface area (Å²) in [6.07, 6.45) is 6.86. The average Bonchev–Trinajstić information content (AvgIpc) is 3.23. The minimum Gasteiger partial charge on any atom is -0.481 e. The molecule has 2 aliphatic heterocycles. The third-order valence-electron chi connectivity index (χ3n) is 8.54. The van der Waals surface area contributed by atoms with Gasteiger partial charge < -0.3 is 23.9 Å². The lowest BCUT2D eigenvalue weighted by atomic mass is 9.91. The Morgan fingerprint density at radius 3 is 2.74 bits per heavy atom. The van der Waals surface area contributed by atoms with E-state index in [1.807, 2.05) is 12.2 Å². The van der Waals surface area contributed by atoms with Crippen molar-refractivity contribution in [3.8, 4) is 6.08 Å². The van der Waals surface area contributed by atoms with E-state index in [1.54, 1.807) is 20.8 Å². The maximum absolute atomic E-state index is 14.1. The third-order valence-corrected chi connectivity index (χ3v) is 8.54. The van der Waals surface area contributed by atoms with Gasteiger partial charge in [-0.05, 0) is 64.5 Å². The Balaban J connectivity index is 1.42. The number of carboxylic acids is 1. The predicted octanol–water partition coefficient (Wildman–Crippen LogP) is 5.23. The molecule has 5 atom stereocenters. The van der Waals surface area contributed by atoms with Crippen LogP contribution in [0.4, 0.5) is 4.39 Å². The molecular weight excluding hydrogens is 559 g/mol. The van der Waals surface area contributed by atoms with E-state index in [9.17, 15) is 28.7 Å². The van der Waals surface area contributed by atoms with Crippen molar-refractivity contribution in [2.24, 2.45) is 17.3 Å². The van der Waals surface area contributed by atoms with Crippen molar-refractivity contribution in [3.63, 3.8) is 0 Å². The van der Waals surface area contributed by atoms with Gasteiger partial charge in [-0.15, -0.1) is 0 Å². The number of benzene rings is 1. The first kappa shape index (κ1) is 30.7. The smallest absolute Gasteiger partial charge is 0.394 e. The van der Waals surface area contributed by atoms with Crippen molar-refractivity contribution < 1.29 is 42.6 Å². The number of rotatable bonds is 5. The normalized spacial score (nSPS) is 29.3. The Kier molecular flexibility index (Phi) is 8.63. The second kappa shape index (κ2) is 12.1. The van der Waals surface area contributed by atoms with Gasteiger partial charge in [-0.2, -0.15) is 4.98 Å². The van der Waals surface area contributed by atoms with Crippen molar-refractivity contribution in [2.75, 3.05) is 6.54 Å². The van der Waals surface area contributed by atoms with Crippen LogP contribution in [0.1, 0.15) is 78.6 Å². The van der Waals surface area contributed by atoms with Crippen molar-refractivity contribution in [3.05, 3.63) is 36.2 Å². The zero-order chi connectivity index (χ0) is 30.9. The van der Waals surface area contributed by atoms with Crippen LogP contribution in [0.3, 0.4) is 0 Å². The number of nitrogens with zero attached hydrogens (tertiary/aromatic N) is 2. The van der Waals surface area contributed by atoms with Crippen molar-refractivity contribution in [2.45, 2.75) is 96.3 Å². The molecule has 1 aliphatic carbocycles. The number of carbonyl (C=O) groups is 4. The number of oxazole rings is 1. The molecule has 3 heterocycles. The SMILES string of the molecule is CC(C)(C)OC(=O)C[C@H]1CCCCC/C=C\[C@@H]2C[C@@]2(C(=O)O)CC(=O)[C@@H]2C[C@@H](Oc3nc4cc(F)ccc4o3)CN2C1=O. The van der Waals surface area contributed by atoms with E-state index in [1.165, 1.54) is 23.1 Å². The fourth-order valence-electron chi connectivity index (χ4n) is 6.27. The Morgan fingerprint density at radius 2 is 2.00 bits per heavy atom. The van der Waals surface area contributed by atoms with Crippen LogP contribution in [-0.4, -0.2) is 62.9 Å². The Hall–Kier alpha value is -3.76. The number of aromatic nitrogens is 1. The van der Waals surface area contributed by atoms with Crippen LogP contribution in [0.2, 0.25) is 0 Å². The number of esters is 1. The topological polar surface area (TPSA) is 136 Å². The summed E-state index contributed by atoms with van der Waals surface area (Å²) >= 11 is 0. The first-order valence-corrected chi connectivity index (χ1v) is 15.0. The molecule has 1 aromatic carbocycles. The number of halogens is 1. The molecule has 0 unspecified atom stereocenters. The molecule has 232 valence electrons. The average molecular weight is 599 g/mol. The number of hydrogen-bond donors (Lipinski definition) is 1. The molecule has 1 aromatic heterocycles. The molecule has 1 N–H and O–H groups in total. The summed E-state index contributed by atoms with van der Waals surface area (Å²) < 4.78 is 30.8. The Labute approximate surface area is 249 Å². The van der Waals surface area contributed by atoms with Crippen LogP contribution in [0.25, 0.3) is 11.1 Å². The fraction of sp³-hybridized carbons (Fsp3) is 0.594. The minimum absolute atomic E-state index is 0.0244. The van der Waals surface area contributed by atoms with E-state index >= 15 is 0 Å². The van der Waals surface area contributed by atoms with E-state index in [0.29, 0.717) is 24.8 Å². The van der Waals surface area contributed by atoms with Gasteiger partial charge in [-0.25, -0.2) is 4.39 Å². The number of Topliss-reactive ketones (excluding diaryl/α,β-unsaturated/α-hetero) is 1. The molecule has 1 saturated heterocycles. The maximum Gasteiger partial charge on any atom is 0.394 e. The number of carbonyl (C=O) groups excluding carboxylic acids is 3. The van der Waals surface area contributed by atoms with Crippen LogP contribution in [0, 0.1) is 23.1 Å². The number of fused-ring (bicyclic) bond motifs is 3. The van der Waals surface area contributed by atoms with Gasteiger partial charge in [-0.1, -0.05) is 25.0 Å². The lowest BCUT2D eigenvalue weighted by molar-refractivity contribution is -0.159. The first-order chi connectivity index (χ1) is 20.3. The summed E-state index contributed by atoms with van der Waals surface area (Å²) in [4.78, 5) is 58.7. The van der Waals surface area contributed by atoms with Gasteiger partial charge in [-0.3, -0.25) is 19.2 Å². The second-order valence-electron chi connectivity index (χ2n) is 13.0. The zero-order valence-corrected chi connectivity index (χ0v) is 24.8. The molecule has 2 fully saturated rings. The molecule has 10 nitrogen and oxygen atoms in total. The molecular formula is C32H39FN2O8. The highest BCUT2D eigenvalue weighted by molar-refractivity contribution is 5.95. The largest absolute Gasteiger partial charge is 0.481 e. The van der Waals surface area contributed by atoms with Crippen LogP contribution in [-0.2, 0) is 23.9 Å². The van der Waals surface area contributed by atoms with Gasteiger partial charge in [0.15, 0.2) is 11.4 Å². The van der Waals surface area contributed by atoms with Crippen LogP contribution in [0.15, 0.2) is 34.8 Å². The number of ether oxygens (including phenoxy) is 2. The zero-order valence-electron chi connectivity index (χ0n) is 24.8. The lowest BCUT2D eigenvalue weighted by Crippen LogP contribution is -2.45. The molecule has 5 rings (SSSR count). The van der Waals surface area contributed by atoms with E-state index in [-0.39, 0.29) is 55.0 Å². The maximum atomic E-state index is 14.1. The Morgan fingerprint density at radius 1 is 1.21 bits per heavy atom. The standard InChI is InChI=1S/C32H39FN2O8/c1-31(2,3)43-27(37)13-19-9-7-5-4-6-8-10-20-16-32(20,29(39)40)17-25(36)24-15-22(18-35(24)28(19)38)41-30-34-23-14-21(33)11-12-26(23)42-30/h8,10-12,14,19-20,22,24H,4-7,9,13,15-18H2,1-3H3,(H,39,40)/b10-8-/t19-,20-,22-,24+,32-/m1/s1. The second-order valence-corrected chi connectivity index (χ2v) is 13.0. The molecule has 43 heavy (non-hydrogen) atoms. The number of aliphatic carboxylic acids is 1. The number of hydrogen-bond acceptors (Lipinski definition) is 8. The summed E-state index contributed by atoms with van der Waals surface area (Å²) in [5.74, 6) is -3.67. The molecule has 0 bridgehead atoms. The van der Waals surface area contributed by atoms with E-state index < -0.39 is 46.8 Å². The quantitative estimate of drug-likeness (QED) is 0.362. The van der Waals surface area contributed by atoms with Crippen LogP contribution in [0.5, 0.6) is 6.08 Å². The molecule has 1 amide bonds. The summed E-state index contributed by atoms with van der Waals surface area (Å²) in [5.41, 5.74) is -1.32. The summed E-state index contributed by atoms with van der Waals surface area (Å²) in [7, 11) is 0. The summed E-state index contributed by atoms with van der Waals surface area (Å²) in [6.45, 7) is 5.31. The van der Waals surface area contributed by atoms with Gasteiger partial charge in [0.05, 0.1) is 24.4 Å². The Bertz CT molecular complexity index is 1430. The van der Waals surface area contributed by atoms with Gasteiger partial charge in [0.25, 0.3) is 0 Å². The number of carboxylic acid groups (broad SMARTS) is 1. The predicted molar refractivity (Wildman–Crippen MR) is 152 cm³/mol. The number of amides is 1. The van der Waals surface area contributed by atoms with Gasteiger partial charge in [0.1, 0.15) is 23.0 Å². The lowest BCUT2D eigenvalue weighted by Gasteiger charge is -2.29. The number of ketones is 1. The highest BCUT2D eigenvalue weighted by atomic mass is 19.1. The number of allylic oxidation sites excluding steroid dienone is 2. The third kappa shape index (κ3) is 7.08. The van der Waals surface area contributed by atoms with Crippen molar-refractivity contribution >= 4 is 34.7 Å². The van der Waals surface area contributed by atoms with Crippen LogP contribution < -0.4 is 4.74 Å². The molecule has 0 radical (unpaired) electrons. The first-order valence-electron chi connectivity index (χ1n) is 15.0. The van der Waals surface area contributed by atoms with Gasteiger partial charge in [0, 0.05) is 24.8 Å². The molecule has 2 aromatic rings. The molecule has 1 saturated carbocycles. The highest BCUT2D eigenvalue weighted by Crippen LogP contribution is 2.57. The van der Waals surface area contributed by atoms with E-state index in [0.717, 1.165) is 19.3 Å². The van der Waals surface area contributed by atoms with Crippen molar-refractivity contribution in [1.29, 1.82) is 0 Å². The van der Waals surface area contributed by atoms with E-state index in [2.05, 4.69) is 4.98 Å². The van der Waals surface area contributed by atoms with E-state index in [4.69, 9.17) is 13.9 Å². The molecule has 3 aliphatic rings. The van der Waals surface area contributed by atoms with Crippen LogP contribution >= 0.6 is 0 Å². The van der Waals surface area contributed by atoms with Crippen molar-refractivity contribution in [1.82, 2.24) is 9.88 Å². The minimum atomic E-state index is -1.19.